The third kappa shape index (κ3) is 7.55. The minimum atomic E-state index is -0.272. The lowest BCUT2D eigenvalue weighted by atomic mass is 10.1. The number of hydrogen-bond acceptors (Lipinski definition) is 4. The van der Waals surface area contributed by atoms with Gasteiger partial charge >= 0.3 is 0 Å². The first kappa shape index (κ1) is 25.7. The maximum Gasteiger partial charge on any atom is 0.253 e. The van der Waals surface area contributed by atoms with Crippen LogP contribution in [0.1, 0.15) is 48.5 Å². The van der Waals surface area contributed by atoms with E-state index in [-0.39, 0.29) is 17.6 Å². The molecule has 0 aliphatic carbocycles. The van der Waals surface area contributed by atoms with Gasteiger partial charge in [-0.1, -0.05) is 31.9 Å². The summed E-state index contributed by atoms with van der Waals surface area (Å²) in [4.78, 5) is 31.7. The van der Waals surface area contributed by atoms with Crippen LogP contribution in [0.5, 0.6) is 5.75 Å². The zero-order valence-electron chi connectivity index (χ0n) is 20.3. The van der Waals surface area contributed by atoms with Crippen molar-refractivity contribution in [3.63, 3.8) is 0 Å². The Morgan fingerprint density at radius 1 is 0.971 bits per heavy atom. The summed E-state index contributed by atoms with van der Waals surface area (Å²) in [5.41, 5.74) is 1.59. The Morgan fingerprint density at radius 3 is 2.26 bits per heavy atom. The molecule has 0 aromatic heterocycles. The van der Waals surface area contributed by atoms with Crippen molar-refractivity contribution in [2.24, 2.45) is 0 Å². The van der Waals surface area contributed by atoms with Crippen LogP contribution in [-0.2, 0) is 11.3 Å². The lowest BCUT2D eigenvalue weighted by Gasteiger charge is -2.36. The highest BCUT2D eigenvalue weighted by Gasteiger charge is 2.23. The van der Waals surface area contributed by atoms with E-state index in [1.807, 2.05) is 9.80 Å². The van der Waals surface area contributed by atoms with Gasteiger partial charge in [0.25, 0.3) is 5.91 Å². The fourth-order valence-corrected chi connectivity index (χ4v) is 4.14. The summed E-state index contributed by atoms with van der Waals surface area (Å²) < 4.78 is 18.5. The Balaban J connectivity index is 1.51. The van der Waals surface area contributed by atoms with Gasteiger partial charge in [0.2, 0.25) is 5.91 Å². The van der Waals surface area contributed by atoms with Gasteiger partial charge in [-0.3, -0.25) is 14.5 Å². The van der Waals surface area contributed by atoms with E-state index in [1.54, 1.807) is 43.5 Å². The first-order chi connectivity index (χ1) is 16.5. The second-order valence-corrected chi connectivity index (χ2v) is 8.76. The van der Waals surface area contributed by atoms with Crippen LogP contribution in [0, 0.1) is 5.82 Å². The number of amides is 2. The van der Waals surface area contributed by atoms with E-state index in [0.29, 0.717) is 38.2 Å². The molecule has 184 valence electrons. The highest BCUT2D eigenvalue weighted by atomic mass is 19.1. The first-order valence-electron chi connectivity index (χ1n) is 12.2. The molecule has 6 nitrogen and oxygen atoms in total. The molecule has 1 aliphatic heterocycles. The summed E-state index contributed by atoms with van der Waals surface area (Å²) in [6.07, 6.45) is 3.55. The number of unbranched alkanes of at least 4 members (excludes halogenated alkanes) is 2. The lowest BCUT2D eigenvalue weighted by molar-refractivity contribution is -0.132. The Hall–Kier alpha value is -2.93. The molecule has 0 saturated carbocycles. The first-order valence-corrected chi connectivity index (χ1v) is 12.2. The van der Waals surface area contributed by atoms with E-state index in [1.165, 1.54) is 12.1 Å². The van der Waals surface area contributed by atoms with Crippen LogP contribution in [0.15, 0.2) is 48.5 Å². The number of ether oxygens (including phenoxy) is 1. The Bertz CT molecular complexity index is 910. The average Bonchev–Trinajstić information content (AvgIpc) is 2.87. The summed E-state index contributed by atoms with van der Waals surface area (Å²) in [7, 11) is 1.61. The number of benzene rings is 2. The van der Waals surface area contributed by atoms with Crippen LogP contribution >= 0.6 is 0 Å². The molecular formula is C27H36FN3O3. The zero-order chi connectivity index (χ0) is 24.3. The molecule has 0 N–H and O–H groups in total. The molecule has 0 spiro atoms. The van der Waals surface area contributed by atoms with Gasteiger partial charge in [0.1, 0.15) is 11.6 Å². The molecule has 0 unspecified atom stereocenters. The van der Waals surface area contributed by atoms with Crippen molar-refractivity contribution >= 4 is 11.8 Å². The highest BCUT2D eigenvalue weighted by Crippen LogP contribution is 2.15. The van der Waals surface area contributed by atoms with E-state index >= 15 is 0 Å². The molecule has 1 heterocycles. The minimum Gasteiger partial charge on any atom is -0.497 e. The summed E-state index contributed by atoms with van der Waals surface area (Å²) in [5.74, 6) is 0.639. The molecule has 2 aromatic rings. The van der Waals surface area contributed by atoms with Crippen molar-refractivity contribution in [2.75, 3.05) is 46.4 Å². The standard InChI is InChI=1S/C27H36FN3O3/c1-3-4-5-6-26(32)31(21-22-7-11-24(28)12-8-22)20-17-29-15-18-30(19-16-29)27(33)23-9-13-25(34-2)14-10-23/h7-14H,3-6,15-21H2,1-2H3. The molecule has 1 aliphatic rings. The molecule has 0 radical (unpaired) electrons. The molecule has 7 heteroatoms. The molecule has 2 amide bonds. The number of piperazine rings is 1. The second kappa shape index (κ2) is 13.1. The average molecular weight is 470 g/mol. The predicted octanol–water partition coefficient (Wildman–Crippen LogP) is 4.20. The van der Waals surface area contributed by atoms with Crippen LogP contribution < -0.4 is 4.74 Å². The number of hydrogen-bond donors (Lipinski definition) is 0. The van der Waals surface area contributed by atoms with E-state index in [0.717, 1.165) is 50.2 Å². The van der Waals surface area contributed by atoms with Crippen LogP contribution in [0.4, 0.5) is 4.39 Å². The molecule has 0 bridgehead atoms. The molecular weight excluding hydrogens is 433 g/mol. The molecule has 3 rings (SSSR count). The Labute approximate surface area is 202 Å². The number of carbonyl (C=O) groups is 2. The largest absolute Gasteiger partial charge is 0.497 e. The quantitative estimate of drug-likeness (QED) is 0.463. The summed E-state index contributed by atoms with van der Waals surface area (Å²) in [5, 5.41) is 0. The second-order valence-electron chi connectivity index (χ2n) is 8.76. The summed E-state index contributed by atoms with van der Waals surface area (Å²) in [6.45, 7) is 6.86. The van der Waals surface area contributed by atoms with Crippen molar-refractivity contribution in [1.29, 1.82) is 0 Å². The molecule has 1 saturated heterocycles. The number of methoxy groups -OCH3 is 1. The minimum absolute atomic E-state index is 0.0336. The summed E-state index contributed by atoms with van der Waals surface area (Å²) >= 11 is 0. The monoisotopic (exact) mass is 469 g/mol. The summed E-state index contributed by atoms with van der Waals surface area (Å²) in [6, 6.07) is 13.6. The van der Waals surface area contributed by atoms with Crippen LogP contribution in [0.3, 0.4) is 0 Å². The highest BCUT2D eigenvalue weighted by molar-refractivity contribution is 5.94. The third-order valence-electron chi connectivity index (χ3n) is 6.32. The van der Waals surface area contributed by atoms with E-state index in [4.69, 9.17) is 4.74 Å². The molecule has 34 heavy (non-hydrogen) atoms. The van der Waals surface area contributed by atoms with Crippen molar-refractivity contribution in [2.45, 2.75) is 39.2 Å². The van der Waals surface area contributed by atoms with Crippen molar-refractivity contribution in [3.8, 4) is 5.75 Å². The fraction of sp³-hybridized carbons (Fsp3) is 0.481. The normalized spacial score (nSPS) is 14.1. The number of carbonyl (C=O) groups excluding carboxylic acids is 2. The third-order valence-corrected chi connectivity index (χ3v) is 6.32. The van der Waals surface area contributed by atoms with Crippen LogP contribution in [0.25, 0.3) is 0 Å². The molecule has 2 aromatic carbocycles. The van der Waals surface area contributed by atoms with E-state index < -0.39 is 0 Å². The molecule has 0 atom stereocenters. The van der Waals surface area contributed by atoms with Gasteiger partial charge in [0.15, 0.2) is 0 Å². The van der Waals surface area contributed by atoms with Gasteiger partial charge < -0.3 is 14.5 Å². The maximum absolute atomic E-state index is 13.3. The van der Waals surface area contributed by atoms with Crippen LogP contribution in [0.2, 0.25) is 0 Å². The van der Waals surface area contributed by atoms with Gasteiger partial charge in [-0.15, -0.1) is 0 Å². The smallest absolute Gasteiger partial charge is 0.253 e. The van der Waals surface area contributed by atoms with Crippen LogP contribution in [-0.4, -0.2) is 72.9 Å². The van der Waals surface area contributed by atoms with Crippen molar-refractivity contribution < 1.29 is 18.7 Å². The van der Waals surface area contributed by atoms with E-state index in [9.17, 15) is 14.0 Å². The number of rotatable bonds is 11. The van der Waals surface area contributed by atoms with Gasteiger partial charge in [-0.2, -0.15) is 0 Å². The SMILES string of the molecule is CCCCCC(=O)N(CCN1CCN(C(=O)c2ccc(OC)cc2)CC1)Cc1ccc(F)cc1. The zero-order valence-corrected chi connectivity index (χ0v) is 20.3. The predicted molar refractivity (Wildman–Crippen MR) is 131 cm³/mol. The maximum atomic E-state index is 13.3. The fourth-order valence-electron chi connectivity index (χ4n) is 4.14. The van der Waals surface area contributed by atoms with Gasteiger partial charge in [0.05, 0.1) is 7.11 Å². The number of halogens is 1. The topological polar surface area (TPSA) is 53.1 Å². The van der Waals surface area contributed by atoms with Crippen molar-refractivity contribution in [3.05, 3.63) is 65.5 Å². The van der Waals surface area contributed by atoms with Crippen molar-refractivity contribution in [1.82, 2.24) is 14.7 Å². The van der Waals surface area contributed by atoms with Gasteiger partial charge in [-0.25, -0.2) is 4.39 Å². The van der Waals surface area contributed by atoms with Gasteiger partial charge in [0, 0.05) is 57.8 Å². The van der Waals surface area contributed by atoms with Gasteiger partial charge in [-0.05, 0) is 48.4 Å². The van der Waals surface area contributed by atoms with E-state index in [2.05, 4.69) is 11.8 Å². The number of nitrogens with zero attached hydrogens (tertiary/aromatic N) is 3. The lowest BCUT2D eigenvalue weighted by Crippen LogP contribution is -2.50. The molecule has 1 fully saturated rings. The Morgan fingerprint density at radius 2 is 1.65 bits per heavy atom. The Kier molecular flexibility index (Phi) is 9.89.